The van der Waals surface area contributed by atoms with Crippen molar-refractivity contribution in [3.05, 3.63) is 0 Å². The molecule has 2 fully saturated rings. The lowest BCUT2D eigenvalue weighted by Crippen LogP contribution is -2.59. The first kappa shape index (κ1) is 13.3. The Hall–Kier alpha value is -0.120. The fraction of sp³-hybridized carbons (Fsp3) is 1.00. The Morgan fingerprint density at radius 1 is 1.06 bits per heavy atom. The van der Waals surface area contributed by atoms with Gasteiger partial charge in [0.05, 0.1) is 13.2 Å². The number of morpholine rings is 1. The molecule has 2 atom stereocenters. The SMILES string of the molecule is CCCCCCCN1C2COCC1CC(N)C2. The molecule has 2 rings (SSSR count). The van der Waals surface area contributed by atoms with E-state index in [2.05, 4.69) is 11.8 Å². The summed E-state index contributed by atoms with van der Waals surface area (Å²) in [5.74, 6) is 0. The predicted octanol–water partition coefficient (Wildman–Crippen LogP) is 2.15. The first-order valence-corrected chi connectivity index (χ1v) is 7.40. The van der Waals surface area contributed by atoms with Gasteiger partial charge in [0.15, 0.2) is 0 Å². The van der Waals surface area contributed by atoms with Gasteiger partial charge in [0, 0.05) is 18.1 Å². The largest absolute Gasteiger partial charge is 0.378 e. The molecule has 2 aliphatic heterocycles. The minimum absolute atomic E-state index is 0.408. The Bertz CT molecular complexity index is 208. The minimum Gasteiger partial charge on any atom is -0.378 e. The molecular formula is C14H28N2O. The molecule has 3 heteroatoms. The lowest BCUT2D eigenvalue weighted by Gasteiger charge is -2.47. The molecule has 2 saturated heterocycles. The second kappa shape index (κ2) is 6.72. The maximum atomic E-state index is 6.10. The molecule has 2 bridgehead atoms. The Morgan fingerprint density at radius 2 is 1.71 bits per heavy atom. The van der Waals surface area contributed by atoms with Crippen LogP contribution in [0.3, 0.4) is 0 Å². The number of unbranched alkanes of at least 4 members (excludes halogenated alkanes) is 4. The second-order valence-electron chi connectivity index (χ2n) is 5.73. The molecule has 2 heterocycles. The van der Waals surface area contributed by atoms with E-state index >= 15 is 0 Å². The second-order valence-corrected chi connectivity index (χ2v) is 5.73. The van der Waals surface area contributed by atoms with Crippen molar-refractivity contribution in [3.8, 4) is 0 Å². The summed E-state index contributed by atoms with van der Waals surface area (Å²) in [6.07, 6.45) is 9.12. The monoisotopic (exact) mass is 240 g/mol. The fourth-order valence-corrected chi connectivity index (χ4v) is 3.29. The summed E-state index contributed by atoms with van der Waals surface area (Å²) in [6.45, 7) is 5.33. The van der Waals surface area contributed by atoms with E-state index in [4.69, 9.17) is 10.5 Å². The van der Waals surface area contributed by atoms with Crippen molar-refractivity contribution in [2.24, 2.45) is 5.73 Å². The Kier molecular flexibility index (Phi) is 5.26. The van der Waals surface area contributed by atoms with E-state index in [-0.39, 0.29) is 0 Å². The van der Waals surface area contributed by atoms with Crippen LogP contribution >= 0.6 is 0 Å². The third kappa shape index (κ3) is 3.67. The molecule has 3 nitrogen and oxygen atoms in total. The maximum absolute atomic E-state index is 6.10. The van der Waals surface area contributed by atoms with Crippen LogP contribution < -0.4 is 5.73 Å². The van der Waals surface area contributed by atoms with E-state index < -0.39 is 0 Å². The smallest absolute Gasteiger partial charge is 0.0623 e. The highest BCUT2D eigenvalue weighted by atomic mass is 16.5. The van der Waals surface area contributed by atoms with Crippen molar-refractivity contribution in [2.75, 3.05) is 19.8 Å². The summed E-state index contributed by atoms with van der Waals surface area (Å²) in [7, 11) is 0. The zero-order valence-corrected chi connectivity index (χ0v) is 11.2. The van der Waals surface area contributed by atoms with E-state index in [0.717, 1.165) is 26.1 Å². The molecule has 0 aromatic carbocycles. The van der Waals surface area contributed by atoms with Gasteiger partial charge in [-0.1, -0.05) is 32.6 Å². The van der Waals surface area contributed by atoms with Gasteiger partial charge in [-0.15, -0.1) is 0 Å². The predicted molar refractivity (Wildman–Crippen MR) is 71.1 cm³/mol. The molecule has 0 radical (unpaired) electrons. The molecule has 100 valence electrons. The van der Waals surface area contributed by atoms with Crippen molar-refractivity contribution in [1.82, 2.24) is 4.90 Å². The summed E-state index contributed by atoms with van der Waals surface area (Å²) < 4.78 is 5.66. The number of nitrogens with two attached hydrogens (primary N) is 1. The number of fused-ring (bicyclic) bond motifs is 2. The van der Waals surface area contributed by atoms with Crippen LogP contribution in [-0.2, 0) is 4.74 Å². The van der Waals surface area contributed by atoms with Gasteiger partial charge in [-0.25, -0.2) is 0 Å². The van der Waals surface area contributed by atoms with Crippen LogP contribution in [0.15, 0.2) is 0 Å². The highest BCUT2D eigenvalue weighted by Gasteiger charge is 2.37. The molecule has 0 amide bonds. The lowest BCUT2D eigenvalue weighted by molar-refractivity contribution is -0.0779. The van der Waals surface area contributed by atoms with Gasteiger partial charge >= 0.3 is 0 Å². The highest BCUT2D eigenvalue weighted by molar-refractivity contribution is 4.92. The van der Waals surface area contributed by atoms with Crippen LogP contribution in [0.2, 0.25) is 0 Å². The quantitative estimate of drug-likeness (QED) is 0.723. The molecule has 17 heavy (non-hydrogen) atoms. The van der Waals surface area contributed by atoms with Gasteiger partial charge in [-0.3, -0.25) is 4.90 Å². The molecule has 0 aromatic rings. The van der Waals surface area contributed by atoms with Gasteiger partial charge in [0.1, 0.15) is 0 Å². The molecular weight excluding hydrogens is 212 g/mol. The molecule has 2 unspecified atom stereocenters. The Balaban J connectivity index is 1.72. The maximum Gasteiger partial charge on any atom is 0.0623 e. The number of piperidine rings is 1. The van der Waals surface area contributed by atoms with Crippen LogP contribution in [0.4, 0.5) is 0 Å². The van der Waals surface area contributed by atoms with Crippen LogP contribution in [0.5, 0.6) is 0 Å². The average molecular weight is 240 g/mol. The lowest BCUT2D eigenvalue weighted by atomic mass is 9.90. The zero-order valence-electron chi connectivity index (χ0n) is 11.2. The van der Waals surface area contributed by atoms with Crippen LogP contribution in [0.1, 0.15) is 51.9 Å². The van der Waals surface area contributed by atoms with Crippen molar-refractivity contribution in [1.29, 1.82) is 0 Å². The minimum atomic E-state index is 0.408. The van der Waals surface area contributed by atoms with Gasteiger partial charge in [0.25, 0.3) is 0 Å². The van der Waals surface area contributed by atoms with Gasteiger partial charge in [-0.2, -0.15) is 0 Å². The van der Waals surface area contributed by atoms with Crippen LogP contribution in [-0.4, -0.2) is 42.8 Å². The van der Waals surface area contributed by atoms with Crippen molar-refractivity contribution in [3.63, 3.8) is 0 Å². The Morgan fingerprint density at radius 3 is 2.35 bits per heavy atom. The van der Waals surface area contributed by atoms with E-state index in [1.165, 1.54) is 38.6 Å². The van der Waals surface area contributed by atoms with Crippen molar-refractivity contribution < 1.29 is 4.74 Å². The van der Waals surface area contributed by atoms with E-state index in [1.807, 2.05) is 0 Å². The summed E-state index contributed by atoms with van der Waals surface area (Å²) in [6, 6.07) is 1.61. The molecule has 0 spiro atoms. The number of hydrogen-bond acceptors (Lipinski definition) is 3. The van der Waals surface area contributed by atoms with E-state index in [1.54, 1.807) is 0 Å². The molecule has 2 N–H and O–H groups in total. The summed E-state index contributed by atoms with van der Waals surface area (Å²) in [4.78, 5) is 2.68. The fourth-order valence-electron chi connectivity index (χ4n) is 3.29. The molecule has 0 saturated carbocycles. The molecule has 2 aliphatic rings. The summed E-state index contributed by atoms with van der Waals surface area (Å²) >= 11 is 0. The number of hydrogen-bond donors (Lipinski definition) is 1. The van der Waals surface area contributed by atoms with E-state index in [9.17, 15) is 0 Å². The first-order chi connectivity index (χ1) is 8.31. The number of nitrogens with zero attached hydrogens (tertiary/aromatic N) is 1. The zero-order chi connectivity index (χ0) is 12.1. The first-order valence-electron chi connectivity index (χ1n) is 7.40. The molecule has 0 aliphatic carbocycles. The molecule has 0 aromatic heterocycles. The highest BCUT2D eigenvalue weighted by Crippen LogP contribution is 2.27. The topological polar surface area (TPSA) is 38.5 Å². The van der Waals surface area contributed by atoms with Crippen LogP contribution in [0.25, 0.3) is 0 Å². The normalized spacial score (nSPS) is 33.9. The van der Waals surface area contributed by atoms with Gasteiger partial charge in [-0.05, 0) is 25.8 Å². The third-order valence-corrected chi connectivity index (χ3v) is 4.23. The van der Waals surface area contributed by atoms with Crippen LogP contribution in [0, 0.1) is 0 Å². The standard InChI is InChI=1S/C14H28N2O/c1-2-3-4-5-6-7-16-13-8-12(15)9-14(16)11-17-10-13/h12-14H,2-11,15H2,1H3. The average Bonchev–Trinajstić information content (AvgIpc) is 2.29. The van der Waals surface area contributed by atoms with Crippen molar-refractivity contribution in [2.45, 2.75) is 70.0 Å². The summed E-state index contributed by atoms with van der Waals surface area (Å²) in [5.41, 5.74) is 6.10. The van der Waals surface area contributed by atoms with E-state index in [0.29, 0.717) is 18.1 Å². The Labute approximate surface area is 106 Å². The third-order valence-electron chi connectivity index (χ3n) is 4.23. The summed E-state index contributed by atoms with van der Waals surface area (Å²) in [5, 5.41) is 0. The van der Waals surface area contributed by atoms with Crippen molar-refractivity contribution >= 4 is 0 Å². The number of rotatable bonds is 6. The number of ether oxygens (including phenoxy) is 1. The van der Waals surface area contributed by atoms with Gasteiger partial charge < -0.3 is 10.5 Å². The van der Waals surface area contributed by atoms with Gasteiger partial charge in [0.2, 0.25) is 0 Å².